The predicted octanol–water partition coefficient (Wildman–Crippen LogP) is 4.02. The minimum Gasteiger partial charge on any atom is -0.497 e. The largest absolute Gasteiger partial charge is 0.497 e. The molecule has 0 aliphatic heterocycles. The lowest BCUT2D eigenvalue weighted by atomic mass is 10.1. The van der Waals surface area contributed by atoms with Crippen LogP contribution in [0.1, 0.15) is 31.8 Å². The number of nitrogens with one attached hydrogen (secondary N) is 2. The van der Waals surface area contributed by atoms with Crippen molar-refractivity contribution in [1.29, 1.82) is 0 Å². The number of carbonyl (C=O) groups excluding carboxylic acids is 2. The molecule has 0 heterocycles. The molecule has 0 aliphatic carbocycles. The lowest BCUT2D eigenvalue weighted by Gasteiger charge is -2.10. The molecule has 0 saturated heterocycles. The first-order valence-corrected chi connectivity index (χ1v) is 9.01. The standard InChI is InChI=1S/C23H21N3O3/c1-16-6-5-7-18(14-16)22(27)25-21-9-4-3-8-20(21)23(28)26-24-15-17-10-12-19(29-2)13-11-17/h3-15H,1-2H3,(H,25,27)(H,26,28)/b24-15-. The Balaban J connectivity index is 1.69. The third-order valence-electron chi connectivity index (χ3n) is 4.20. The molecule has 0 spiro atoms. The number of amides is 2. The summed E-state index contributed by atoms with van der Waals surface area (Å²) < 4.78 is 5.10. The highest BCUT2D eigenvalue weighted by Crippen LogP contribution is 2.17. The molecule has 3 rings (SSSR count). The lowest BCUT2D eigenvalue weighted by molar-refractivity contribution is 0.0956. The highest BCUT2D eigenvalue weighted by atomic mass is 16.5. The average molecular weight is 387 g/mol. The van der Waals surface area contributed by atoms with Crippen LogP contribution in [0.2, 0.25) is 0 Å². The summed E-state index contributed by atoms with van der Waals surface area (Å²) >= 11 is 0. The van der Waals surface area contributed by atoms with Gasteiger partial charge in [-0.2, -0.15) is 5.10 Å². The molecule has 0 fully saturated rings. The number of hydrazone groups is 1. The summed E-state index contributed by atoms with van der Waals surface area (Å²) in [5.74, 6) is 0.0371. The SMILES string of the molecule is COc1ccc(/C=N\NC(=O)c2ccccc2NC(=O)c2cccc(C)c2)cc1. The van der Waals surface area contributed by atoms with E-state index in [1.54, 1.807) is 55.6 Å². The van der Waals surface area contributed by atoms with Crippen LogP contribution in [0.15, 0.2) is 77.9 Å². The lowest BCUT2D eigenvalue weighted by Crippen LogP contribution is -2.21. The summed E-state index contributed by atoms with van der Waals surface area (Å²) in [6, 6.07) is 21.3. The third kappa shape index (κ3) is 5.29. The molecule has 0 atom stereocenters. The van der Waals surface area contributed by atoms with Crippen molar-refractivity contribution < 1.29 is 14.3 Å². The highest BCUT2D eigenvalue weighted by molar-refractivity contribution is 6.09. The first-order chi connectivity index (χ1) is 14.1. The van der Waals surface area contributed by atoms with Gasteiger partial charge < -0.3 is 10.1 Å². The number of aryl methyl sites for hydroxylation is 1. The Labute approximate surface area is 169 Å². The van der Waals surface area contributed by atoms with Gasteiger partial charge >= 0.3 is 0 Å². The van der Waals surface area contributed by atoms with Crippen LogP contribution in [0.25, 0.3) is 0 Å². The van der Waals surface area contributed by atoms with E-state index in [2.05, 4.69) is 15.8 Å². The summed E-state index contributed by atoms with van der Waals surface area (Å²) in [5, 5.41) is 6.78. The minimum atomic E-state index is -0.421. The number of benzene rings is 3. The number of ether oxygens (including phenoxy) is 1. The number of carbonyl (C=O) groups is 2. The third-order valence-corrected chi connectivity index (χ3v) is 4.20. The molecule has 0 aliphatic rings. The normalized spacial score (nSPS) is 10.6. The molecule has 29 heavy (non-hydrogen) atoms. The monoisotopic (exact) mass is 387 g/mol. The van der Waals surface area contributed by atoms with Gasteiger partial charge in [-0.25, -0.2) is 5.43 Å². The average Bonchev–Trinajstić information content (AvgIpc) is 2.74. The van der Waals surface area contributed by atoms with Gasteiger partial charge in [-0.05, 0) is 61.0 Å². The Hall–Kier alpha value is -3.93. The Morgan fingerprint density at radius 1 is 0.931 bits per heavy atom. The van der Waals surface area contributed by atoms with Gasteiger partial charge in [0.25, 0.3) is 11.8 Å². The van der Waals surface area contributed by atoms with Gasteiger partial charge in [-0.1, -0.05) is 29.8 Å². The Morgan fingerprint density at radius 2 is 1.69 bits per heavy atom. The molecular formula is C23H21N3O3. The van der Waals surface area contributed by atoms with E-state index in [0.717, 1.165) is 16.9 Å². The van der Waals surface area contributed by atoms with Crippen molar-refractivity contribution in [3.8, 4) is 5.75 Å². The van der Waals surface area contributed by atoms with Crippen LogP contribution in [0.3, 0.4) is 0 Å². The fourth-order valence-corrected chi connectivity index (χ4v) is 2.69. The van der Waals surface area contributed by atoms with Crippen molar-refractivity contribution in [2.24, 2.45) is 5.10 Å². The van der Waals surface area contributed by atoms with Crippen LogP contribution in [0.4, 0.5) is 5.69 Å². The number of anilines is 1. The summed E-state index contributed by atoms with van der Waals surface area (Å²) in [6.07, 6.45) is 1.53. The number of hydrogen-bond acceptors (Lipinski definition) is 4. The molecule has 2 N–H and O–H groups in total. The maximum absolute atomic E-state index is 12.5. The second kappa shape index (κ2) is 9.32. The maximum Gasteiger partial charge on any atom is 0.273 e. The Morgan fingerprint density at radius 3 is 2.41 bits per heavy atom. The zero-order chi connectivity index (χ0) is 20.6. The molecule has 0 saturated carbocycles. The van der Waals surface area contributed by atoms with Gasteiger partial charge in [0.2, 0.25) is 0 Å². The Bertz CT molecular complexity index is 1040. The summed E-state index contributed by atoms with van der Waals surface area (Å²) in [4.78, 5) is 25.0. The van der Waals surface area contributed by atoms with Crippen LogP contribution < -0.4 is 15.5 Å². The number of rotatable bonds is 6. The molecule has 3 aromatic carbocycles. The fourth-order valence-electron chi connectivity index (χ4n) is 2.69. The van der Waals surface area contributed by atoms with Crippen molar-refractivity contribution in [2.75, 3.05) is 12.4 Å². The molecule has 146 valence electrons. The van der Waals surface area contributed by atoms with Gasteiger partial charge in [0.15, 0.2) is 0 Å². The van der Waals surface area contributed by atoms with E-state index in [1.165, 1.54) is 6.21 Å². The molecule has 2 amide bonds. The predicted molar refractivity (Wildman–Crippen MR) is 114 cm³/mol. The van der Waals surface area contributed by atoms with Crippen molar-refractivity contribution in [3.63, 3.8) is 0 Å². The number of para-hydroxylation sites is 1. The van der Waals surface area contributed by atoms with E-state index in [4.69, 9.17) is 4.74 Å². The van der Waals surface area contributed by atoms with Crippen LogP contribution >= 0.6 is 0 Å². The second-order valence-electron chi connectivity index (χ2n) is 6.34. The molecule has 0 radical (unpaired) electrons. The maximum atomic E-state index is 12.5. The molecule has 0 aromatic heterocycles. The number of nitrogens with zero attached hydrogens (tertiary/aromatic N) is 1. The fraction of sp³-hybridized carbons (Fsp3) is 0.0870. The van der Waals surface area contributed by atoms with Gasteiger partial charge in [-0.3, -0.25) is 9.59 Å². The van der Waals surface area contributed by atoms with Crippen LogP contribution in [0, 0.1) is 6.92 Å². The van der Waals surface area contributed by atoms with Crippen molar-refractivity contribution in [1.82, 2.24) is 5.43 Å². The molecule has 6 nitrogen and oxygen atoms in total. The van der Waals surface area contributed by atoms with E-state index in [-0.39, 0.29) is 5.91 Å². The zero-order valence-corrected chi connectivity index (χ0v) is 16.2. The first-order valence-electron chi connectivity index (χ1n) is 9.01. The van der Waals surface area contributed by atoms with E-state index < -0.39 is 5.91 Å². The minimum absolute atomic E-state index is 0.282. The quantitative estimate of drug-likeness (QED) is 0.495. The van der Waals surface area contributed by atoms with Crippen molar-refractivity contribution >= 4 is 23.7 Å². The van der Waals surface area contributed by atoms with Crippen LogP contribution in [-0.4, -0.2) is 25.1 Å². The number of methoxy groups -OCH3 is 1. The summed E-state index contributed by atoms with van der Waals surface area (Å²) in [7, 11) is 1.60. The van der Waals surface area contributed by atoms with E-state index >= 15 is 0 Å². The topological polar surface area (TPSA) is 79.8 Å². The van der Waals surface area contributed by atoms with E-state index in [9.17, 15) is 9.59 Å². The van der Waals surface area contributed by atoms with Crippen molar-refractivity contribution in [2.45, 2.75) is 6.92 Å². The van der Waals surface area contributed by atoms with Gasteiger partial charge in [0.1, 0.15) is 5.75 Å². The molecule has 6 heteroatoms. The van der Waals surface area contributed by atoms with E-state index in [0.29, 0.717) is 16.8 Å². The van der Waals surface area contributed by atoms with Gasteiger partial charge in [-0.15, -0.1) is 0 Å². The second-order valence-corrected chi connectivity index (χ2v) is 6.34. The number of hydrogen-bond donors (Lipinski definition) is 2. The van der Waals surface area contributed by atoms with Gasteiger partial charge in [0, 0.05) is 5.56 Å². The van der Waals surface area contributed by atoms with Crippen molar-refractivity contribution in [3.05, 3.63) is 95.1 Å². The summed E-state index contributed by atoms with van der Waals surface area (Å²) in [6.45, 7) is 1.92. The van der Waals surface area contributed by atoms with E-state index in [1.807, 2.05) is 31.2 Å². The molecule has 3 aromatic rings. The van der Waals surface area contributed by atoms with Gasteiger partial charge in [0.05, 0.1) is 24.6 Å². The van der Waals surface area contributed by atoms with Crippen LogP contribution in [0.5, 0.6) is 5.75 Å². The Kier molecular flexibility index (Phi) is 6.37. The molecular weight excluding hydrogens is 366 g/mol. The molecule has 0 unspecified atom stereocenters. The smallest absolute Gasteiger partial charge is 0.273 e. The van der Waals surface area contributed by atoms with Crippen LogP contribution in [-0.2, 0) is 0 Å². The molecule has 0 bridgehead atoms. The summed E-state index contributed by atoms with van der Waals surface area (Å²) in [5.41, 5.74) is 5.54. The first kappa shape index (κ1) is 19.8. The zero-order valence-electron chi connectivity index (χ0n) is 16.2. The highest BCUT2D eigenvalue weighted by Gasteiger charge is 2.13.